The lowest BCUT2D eigenvalue weighted by atomic mass is 10.3. The highest BCUT2D eigenvalue weighted by Gasteiger charge is 2.27. The summed E-state index contributed by atoms with van der Waals surface area (Å²) in [7, 11) is -3.52. The summed E-state index contributed by atoms with van der Waals surface area (Å²) in [4.78, 5) is 2.25. The van der Waals surface area contributed by atoms with Crippen molar-refractivity contribution in [1.29, 1.82) is 0 Å². The molecule has 0 saturated carbocycles. The number of hydrogen-bond donors (Lipinski definition) is 1. The van der Waals surface area contributed by atoms with Crippen molar-refractivity contribution < 1.29 is 8.42 Å². The van der Waals surface area contributed by atoms with E-state index in [0.717, 1.165) is 26.1 Å². The van der Waals surface area contributed by atoms with Gasteiger partial charge < -0.3 is 4.90 Å². The largest absolute Gasteiger partial charge is 0.302 e. The Balaban J connectivity index is 2.72. The molecule has 0 spiro atoms. The summed E-state index contributed by atoms with van der Waals surface area (Å²) in [6.07, 6.45) is 0.856. The third-order valence-electron chi connectivity index (χ3n) is 2.64. The molecule has 1 unspecified atom stereocenters. The van der Waals surface area contributed by atoms with Gasteiger partial charge in [0, 0.05) is 19.1 Å². The van der Waals surface area contributed by atoms with E-state index in [1.165, 1.54) is 4.31 Å². The zero-order chi connectivity index (χ0) is 10.8. The quantitative estimate of drug-likeness (QED) is 0.690. The molecule has 1 fully saturated rings. The molecule has 1 aliphatic rings. The molecule has 14 heavy (non-hydrogen) atoms. The van der Waals surface area contributed by atoms with Gasteiger partial charge in [0.1, 0.15) is 0 Å². The van der Waals surface area contributed by atoms with Gasteiger partial charge in [-0.1, -0.05) is 6.92 Å². The zero-order valence-electron chi connectivity index (χ0n) is 8.81. The molecular formula is C8H19N3O2S. The van der Waals surface area contributed by atoms with E-state index in [9.17, 15) is 8.42 Å². The predicted molar refractivity (Wildman–Crippen MR) is 56.0 cm³/mol. The second kappa shape index (κ2) is 4.57. The maximum absolute atomic E-state index is 11.2. The van der Waals surface area contributed by atoms with Crippen LogP contribution in [-0.2, 0) is 10.2 Å². The smallest absolute Gasteiger partial charge is 0.277 e. The van der Waals surface area contributed by atoms with Gasteiger partial charge in [-0.3, -0.25) is 0 Å². The molecule has 0 radical (unpaired) electrons. The maximum atomic E-state index is 11.2. The van der Waals surface area contributed by atoms with Crippen LogP contribution in [-0.4, -0.2) is 49.8 Å². The van der Waals surface area contributed by atoms with E-state index >= 15 is 0 Å². The minimum atomic E-state index is -3.52. The van der Waals surface area contributed by atoms with Gasteiger partial charge in [0.15, 0.2) is 0 Å². The zero-order valence-corrected chi connectivity index (χ0v) is 9.63. The van der Waals surface area contributed by atoms with Crippen molar-refractivity contribution in [2.45, 2.75) is 26.3 Å². The first-order valence-corrected chi connectivity index (χ1v) is 6.47. The van der Waals surface area contributed by atoms with Crippen molar-refractivity contribution in [3.8, 4) is 0 Å². The second-order valence-corrected chi connectivity index (χ2v) is 5.25. The Bertz CT molecular complexity index is 278. The summed E-state index contributed by atoms with van der Waals surface area (Å²) >= 11 is 0. The average Bonchev–Trinajstić information content (AvgIpc) is 2.25. The van der Waals surface area contributed by atoms with Crippen molar-refractivity contribution in [3.05, 3.63) is 0 Å². The van der Waals surface area contributed by atoms with Crippen LogP contribution < -0.4 is 5.14 Å². The van der Waals surface area contributed by atoms with Gasteiger partial charge in [-0.15, -0.1) is 0 Å². The average molecular weight is 221 g/mol. The molecule has 0 aromatic carbocycles. The fourth-order valence-electron chi connectivity index (χ4n) is 1.89. The van der Waals surface area contributed by atoms with Crippen LogP contribution in [0.3, 0.4) is 0 Å². The molecule has 1 aliphatic heterocycles. The van der Waals surface area contributed by atoms with Crippen LogP contribution in [0, 0.1) is 0 Å². The summed E-state index contributed by atoms with van der Waals surface area (Å²) in [6.45, 7) is 7.21. The number of nitrogens with zero attached hydrogens (tertiary/aromatic N) is 2. The maximum Gasteiger partial charge on any atom is 0.277 e. The number of rotatable bonds is 2. The van der Waals surface area contributed by atoms with Gasteiger partial charge in [0.05, 0.1) is 0 Å². The highest BCUT2D eigenvalue weighted by molar-refractivity contribution is 7.86. The first-order valence-electron chi connectivity index (χ1n) is 4.97. The number of nitrogens with two attached hydrogens (primary N) is 1. The highest BCUT2D eigenvalue weighted by atomic mass is 32.2. The SMILES string of the molecule is CCN1CCCN(S(N)(=O)=O)C(C)C1. The van der Waals surface area contributed by atoms with Crippen LogP contribution in [0.2, 0.25) is 0 Å². The van der Waals surface area contributed by atoms with Crippen molar-refractivity contribution in [2.75, 3.05) is 26.2 Å². The Hall–Kier alpha value is -0.170. The summed E-state index contributed by atoms with van der Waals surface area (Å²) in [5.41, 5.74) is 0. The minimum Gasteiger partial charge on any atom is -0.302 e. The van der Waals surface area contributed by atoms with Gasteiger partial charge in [0.25, 0.3) is 10.2 Å². The van der Waals surface area contributed by atoms with Crippen LogP contribution in [0.1, 0.15) is 20.3 Å². The van der Waals surface area contributed by atoms with Crippen LogP contribution in [0.25, 0.3) is 0 Å². The lowest BCUT2D eigenvalue weighted by molar-refractivity contribution is 0.261. The Morgan fingerprint density at radius 1 is 1.43 bits per heavy atom. The van der Waals surface area contributed by atoms with E-state index in [-0.39, 0.29) is 6.04 Å². The molecule has 1 atom stereocenters. The fraction of sp³-hybridized carbons (Fsp3) is 1.00. The van der Waals surface area contributed by atoms with Crippen molar-refractivity contribution in [1.82, 2.24) is 9.21 Å². The molecule has 1 saturated heterocycles. The Labute approximate surface area is 86.0 Å². The molecule has 0 bridgehead atoms. The van der Waals surface area contributed by atoms with Gasteiger partial charge in [-0.25, -0.2) is 5.14 Å². The standard InChI is InChI=1S/C8H19N3O2S/c1-3-10-5-4-6-11(8(2)7-10)14(9,12)13/h8H,3-7H2,1-2H3,(H2,9,12,13). The van der Waals surface area contributed by atoms with Crippen LogP contribution in [0.15, 0.2) is 0 Å². The molecule has 6 heteroatoms. The topological polar surface area (TPSA) is 66.6 Å². The van der Waals surface area contributed by atoms with Gasteiger partial charge in [0.2, 0.25) is 0 Å². The highest BCUT2D eigenvalue weighted by Crippen LogP contribution is 2.11. The Morgan fingerprint density at radius 3 is 2.57 bits per heavy atom. The first-order chi connectivity index (χ1) is 6.45. The lowest BCUT2D eigenvalue weighted by Crippen LogP contribution is -2.45. The molecular weight excluding hydrogens is 202 g/mol. The second-order valence-electron chi connectivity index (χ2n) is 3.75. The fourth-order valence-corrected chi connectivity index (χ4v) is 2.84. The summed E-state index contributed by atoms with van der Waals surface area (Å²) in [5.74, 6) is 0. The van der Waals surface area contributed by atoms with E-state index in [2.05, 4.69) is 11.8 Å². The van der Waals surface area contributed by atoms with Gasteiger partial charge in [-0.2, -0.15) is 12.7 Å². The van der Waals surface area contributed by atoms with E-state index in [1.807, 2.05) is 6.92 Å². The van der Waals surface area contributed by atoms with Crippen LogP contribution >= 0.6 is 0 Å². The van der Waals surface area contributed by atoms with E-state index < -0.39 is 10.2 Å². The molecule has 0 amide bonds. The monoisotopic (exact) mass is 221 g/mol. The summed E-state index contributed by atoms with van der Waals surface area (Å²) < 4.78 is 23.9. The minimum absolute atomic E-state index is 0.0209. The first kappa shape index (κ1) is 11.9. The van der Waals surface area contributed by atoms with Crippen molar-refractivity contribution in [2.24, 2.45) is 5.14 Å². The number of likely N-dealkylation sites (N-methyl/N-ethyl adjacent to an activating group) is 1. The predicted octanol–water partition coefficient (Wildman–Crippen LogP) is -0.394. The third kappa shape index (κ3) is 2.91. The number of hydrogen-bond acceptors (Lipinski definition) is 3. The molecule has 5 nitrogen and oxygen atoms in total. The Morgan fingerprint density at radius 2 is 2.07 bits per heavy atom. The Kier molecular flexibility index (Phi) is 3.88. The van der Waals surface area contributed by atoms with Crippen molar-refractivity contribution >= 4 is 10.2 Å². The van der Waals surface area contributed by atoms with Gasteiger partial charge >= 0.3 is 0 Å². The van der Waals surface area contributed by atoms with E-state index in [0.29, 0.717) is 6.54 Å². The van der Waals surface area contributed by atoms with Gasteiger partial charge in [-0.05, 0) is 26.4 Å². The molecule has 1 rings (SSSR count). The summed E-state index contributed by atoms with van der Waals surface area (Å²) in [5, 5.41) is 5.14. The van der Waals surface area contributed by atoms with Crippen molar-refractivity contribution in [3.63, 3.8) is 0 Å². The van der Waals surface area contributed by atoms with E-state index in [4.69, 9.17) is 5.14 Å². The summed E-state index contributed by atoms with van der Waals surface area (Å²) in [6, 6.07) is -0.0209. The van der Waals surface area contributed by atoms with E-state index in [1.54, 1.807) is 0 Å². The molecule has 0 aliphatic carbocycles. The molecule has 84 valence electrons. The third-order valence-corrected chi connectivity index (χ3v) is 3.84. The molecule has 2 N–H and O–H groups in total. The normalized spacial score (nSPS) is 27.5. The molecule has 0 aromatic heterocycles. The van der Waals surface area contributed by atoms with Crippen LogP contribution in [0.4, 0.5) is 0 Å². The molecule has 0 aromatic rings. The lowest BCUT2D eigenvalue weighted by Gasteiger charge is -2.25. The van der Waals surface area contributed by atoms with Crippen LogP contribution in [0.5, 0.6) is 0 Å². The molecule has 1 heterocycles.